The molecule has 0 heterocycles. The standard InChI is InChI=1S/C20H17Cl2F3O3/c21-16-6-4-12(8-17(16)22)14-5-3-13(9-18(14)28-10-20(23,24)25)15(19(26)27)7-11-1-2-11/h3-6,8-9,11,15H,1-2,7,10H2,(H,26,27). The number of halogens is 5. The Morgan fingerprint density at radius 1 is 1.14 bits per heavy atom. The van der Waals surface area contributed by atoms with E-state index < -0.39 is 24.7 Å². The number of aliphatic carboxylic acids is 1. The molecule has 0 aliphatic heterocycles. The molecule has 0 radical (unpaired) electrons. The van der Waals surface area contributed by atoms with Crippen molar-refractivity contribution in [2.45, 2.75) is 31.4 Å². The van der Waals surface area contributed by atoms with Crippen LogP contribution < -0.4 is 4.74 Å². The lowest BCUT2D eigenvalue weighted by molar-refractivity contribution is -0.153. The monoisotopic (exact) mass is 432 g/mol. The molecule has 1 aliphatic carbocycles. The lowest BCUT2D eigenvalue weighted by Gasteiger charge is -2.18. The molecule has 28 heavy (non-hydrogen) atoms. The third-order valence-electron chi connectivity index (χ3n) is 4.59. The van der Waals surface area contributed by atoms with E-state index in [1.807, 2.05) is 0 Å². The van der Waals surface area contributed by atoms with Gasteiger partial charge in [0.05, 0.1) is 16.0 Å². The molecular weight excluding hydrogens is 416 g/mol. The van der Waals surface area contributed by atoms with Gasteiger partial charge in [-0.2, -0.15) is 13.2 Å². The topological polar surface area (TPSA) is 46.5 Å². The summed E-state index contributed by atoms with van der Waals surface area (Å²) in [6, 6.07) is 9.22. The number of carboxylic acids is 1. The van der Waals surface area contributed by atoms with E-state index in [0.29, 0.717) is 34.1 Å². The first-order valence-corrected chi connectivity index (χ1v) is 9.41. The van der Waals surface area contributed by atoms with Gasteiger partial charge in [-0.3, -0.25) is 4.79 Å². The molecule has 3 rings (SSSR count). The molecule has 1 fully saturated rings. The van der Waals surface area contributed by atoms with Crippen molar-refractivity contribution in [2.75, 3.05) is 6.61 Å². The average molecular weight is 433 g/mol. The van der Waals surface area contributed by atoms with E-state index in [4.69, 9.17) is 27.9 Å². The van der Waals surface area contributed by atoms with E-state index in [0.717, 1.165) is 12.8 Å². The third-order valence-corrected chi connectivity index (χ3v) is 5.33. The van der Waals surface area contributed by atoms with Crippen LogP contribution in [0.15, 0.2) is 36.4 Å². The third kappa shape index (κ3) is 5.32. The summed E-state index contributed by atoms with van der Waals surface area (Å²) in [5, 5.41) is 10.1. The molecule has 1 saturated carbocycles. The molecule has 2 aromatic carbocycles. The Labute approximate surface area is 170 Å². The quantitative estimate of drug-likeness (QED) is 0.537. The fraction of sp³-hybridized carbons (Fsp3) is 0.350. The molecule has 8 heteroatoms. The zero-order valence-corrected chi connectivity index (χ0v) is 16.1. The van der Waals surface area contributed by atoms with Crippen molar-refractivity contribution in [3.63, 3.8) is 0 Å². The van der Waals surface area contributed by atoms with Crippen molar-refractivity contribution >= 4 is 29.2 Å². The lowest BCUT2D eigenvalue weighted by Crippen LogP contribution is -2.20. The van der Waals surface area contributed by atoms with E-state index in [1.165, 1.54) is 18.2 Å². The molecule has 0 saturated heterocycles. The highest BCUT2D eigenvalue weighted by atomic mass is 35.5. The van der Waals surface area contributed by atoms with Gasteiger partial charge < -0.3 is 9.84 Å². The molecule has 0 aromatic heterocycles. The summed E-state index contributed by atoms with van der Waals surface area (Å²) in [5.74, 6) is -1.50. The first-order valence-electron chi connectivity index (χ1n) is 8.66. The molecule has 1 unspecified atom stereocenters. The maximum Gasteiger partial charge on any atom is 0.422 e. The Balaban J connectivity index is 2.00. The van der Waals surface area contributed by atoms with Crippen LogP contribution in [0.4, 0.5) is 13.2 Å². The van der Waals surface area contributed by atoms with Gasteiger partial charge in [-0.05, 0) is 41.7 Å². The van der Waals surface area contributed by atoms with E-state index in [2.05, 4.69) is 0 Å². The second-order valence-electron chi connectivity index (χ2n) is 6.86. The van der Waals surface area contributed by atoms with Crippen LogP contribution in [0.2, 0.25) is 10.0 Å². The van der Waals surface area contributed by atoms with Crippen molar-refractivity contribution in [2.24, 2.45) is 5.92 Å². The van der Waals surface area contributed by atoms with Gasteiger partial charge in [0.1, 0.15) is 5.75 Å². The van der Waals surface area contributed by atoms with Crippen molar-refractivity contribution in [1.29, 1.82) is 0 Å². The van der Waals surface area contributed by atoms with Crippen LogP contribution in [0.25, 0.3) is 11.1 Å². The molecule has 1 N–H and O–H groups in total. The van der Waals surface area contributed by atoms with Crippen LogP contribution in [0.1, 0.15) is 30.7 Å². The minimum atomic E-state index is -4.52. The molecular formula is C20H17Cl2F3O3. The summed E-state index contributed by atoms with van der Waals surface area (Å²) < 4.78 is 43.1. The Hall–Kier alpha value is -1.92. The number of carbonyl (C=O) groups is 1. The predicted octanol–water partition coefficient (Wildman–Crippen LogP) is 6.57. The molecule has 0 bridgehead atoms. The SMILES string of the molecule is O=C(O)C(CC1CC1)c1ccc(-c2ccc(Cl)c(Cl)c2)c(OCC(F)(F)F)c1. The summed E-state index contributed by atoms with van der Waals surface area (Å²) in [7, 11) is 0. The number of carboxylic acid groups (broad SMARTS) is 1. The summed E-state index contributed by atoms with van der Waals surface area (Å²) in [4.78, 5) is 11.7. The first kappa shape index (κ1) is 20.8. The Morgan fingerprint density at radius 2 is 1.86 bits per heavy atom. The molecule has 0 spiro atoms. The molecule has 1 atom stereocenters. The first-order chi connectivity index (χ1) is 13.1. The van der Waals surface area contributed by atoms with E-state index >= 15 is 0 Å². The highest BCUT2D eigenvalue weighted by Gasteiger charge is 2.32. The molecule has 2 aromatic rings. The van der Waals surface area contributed by atoms with Gasteiger partial charge in [-0.25, -0.2) is 0 Å². The van der Waals surface area contributed by atoms with Crippen molar-refractivity contribution in [1.82, 2.24) is 0 Å². The number of hydrogen-bond acceptors (Lipinski definition) is 2. The maximum atomic E-state index is 12.7. The Kier molecular flexibility index (Phi) is 6.10. The second-order valence-corrected chi connectivity index (χ2v) is 7.67. The van der Waals surface area contributed by atoms with Crippen LogP contribution in [-0.2, 0) is 4.79 Å². The molecule has 0 amide bonds. The number of hydrogen-bond donors (Lipinski definition) is 1. The van der Waals surface area contributed by atoms with Crippen LogP contribution in [0.5, 0.6) is 5.75 Å². The average Bonchev–Trinajstić information content (AvgIpc) is 3.43. The largest absolute Gasteiger partial charge is 0.483 e. The molecule has 150 valence electrons. The fourth-order valence-electron chi connectivity index (χ4n) is 3.00. The number of rotatable bonds is 7. The highest BCUT2D eigenvalue weighted by Crippen LogP contribution is 2.41. The van der Waals surface area contributed by atoms with Gasteiger partial charge >= 0.3 is 12.1 Å². The van der Waals surface area contributed by atoms with Crippen molar-refractivity contribution in [3.8, 4) is 16.9 Å². The number of alkyl halides is 3. The Bertz CT molecular complexity index is 879. The Morgan fingerprint density at radius 3 is 2.43 bits per heavy atom. The normalized spacial score (nSPS) is 15.3. The van der Waals surface area contributed by atoms with Gasteiger partial charge in [0.25, 0.3) is 0 Å². The van der Waals surface area contributed by atoms with Crippen molar-refractivity contribution < 1.29 is 27.8 Å². The van der Waals surface area contributed by atoms with Gasteiger partial charge in [-0.15, -0.1) is 0 Å². The minimum absolute atomic E-state index is 0.0461. The summed E-state index contributed by atoms with van der Waals surface area (Å²) >= 11 is 11.9. The summed E-state index contributed by atoms with van der Waals surface area (Å²) in [5.41, 5.74) is 1.31. The van der Waals surface area contributed by atoms with Crippen LogP contribution in [0.3, 0.4) is 0 Å². The summed E-state index contributed by atoms with van der Waals surface area (Å²) in [6.07, 6.45) is -2.11. The lowest BCUT2D eigenvalue weighted by atomic mass is 9.91. The number of ether oxygens (including phenoxy) is 1. The highest BCUT2D eigenvalue weighted by molar-refractivity contribution is 6.42. The number of benzene rings is 2. The van der Waals surface area contributed by atoms with Gasteiger partial charge in [0.15, 0.2) is 6.61 Å². The van der Waals surface area contributed by atoms with Crippen molar-refractivity contribution in [3.05, 3.63) is 52.0 Å². The van der Waals surface area contributed by atoms with Gasteiger partial charge in [-0.1, -0.05) is 54.2 Å². The zero-order valence-electron chi connectivity index (χ0n) is 14.6. The maximum absolute atomic E-state index is 12.7. The van der Waals surface area contributed by atoms with Crippen LogP contribution >= 0.6 is 23.2 Å². The minimum Gasteiger partial charge on any atom is -0.483 e. The van der Waals surface area contributed by atoms with E-state index in [1.54, 1.807) is 18.2 Å². The van der Waals surface area contributed by atoms with E-state index in [9.17, 15) is 23.1 Å². The molecule has 1 aliphatic rings. The van der Waals surface area contributed by atoms with Gasteiger partial charge in [0, 0.05) is 5.56 Å². The second kappa shape index (κ2) is 8.21. The van der Waals surface area contributed by atoms with Crippen LogP contribution in [-0.4, -0.2) is 23.9 Å². The molecule has 3 nitrogen and oxygen atoms in total. The zero-order chi connectivity index (χ0) is 20.5. The summed E-state index contributed by atoms with van der Waals surface area (Å²) in [6.45, 7) is -1.48. The van der Waals surface area contributed by atoms with Gasteiger partial charge in [0.2, 0.25) is 0 Å². The smallest absolute Gasteiger partial charge is 0.422 e. The fourth-order valence-corrected chi connectivity index (χ4v) is 3.30. The van der Waals surface area contributed by atoms with E-state index in [-0.39, 0.29) is 10.8 Å². The predicted molar refractivity (Wildman–Crippen MR) is 101 cm³/mol. The van der Waals surface area contributed by atoms with Crippen LogP contribution in [0, 0.1) is 5.92 Å².